The Labute approximate surface area is 119 Å². The van der Waals surface area contributed by atoms with Gasteiger partial charge >= 0.3 is 0 Å². The monoisotopic (exact) mass is 271 g/mol. The molecular formula is C16H21N3O. The fourth-order valence-electron chi connectivity index (χ4n) is 2.01. The highest BCUT2D eigenvalue weighted by Crippen LogP contribution is 2.14. The van der Waals surface area contributed by atoms with Gasteiger partial charge in [0.25, 0.3) is 5.91 Å². The molecule has 20 heavy (non-hydrogen) atoms. The van der Waals surface area contributed by atoms with E-state index in [4.69, 9.17) is 0 Å². The van der Waals surface area contributed by atoms with Gasteiger partial charge in [0.05, 0.1) is 5.69 Å². The maximum atomic E-state index is 12.3. The first-order chi connectivity index (χ1) is 9.61. The van der Waals surface area contributed by atoms with Crippen LogP contribution in [0.1, 0.15) is 48.4 Å². The van der Waals surface area contributed by atoms with Crippen molar-refractivity contribution in [1.29, 1.82) is 0 Å². The molecule has 0 aliphatic rings. The number of amides is 1. The highest BCUT2D eigenvalue weighted by molar-refractivity contribution is 5.92. The summed E-state index contributed by atoms with van der Waals surface area (Å²) in [6.45, 7) is 7.37. The van der Waals surface area contributed by atoms with Gasteiger partial charge in [0.2, 0.25) is 0 Å². The van der Waals surface area contributed by atoms with Crippen molar-refractivity contribution in [3.63, 3.8) is 0 Å². The summed E-state index contributed by atoms with van der Waals surface area (Å²) in [5, 5.41) is 7.40. The zero-order valence-electron chi connectivity index (χ0n) is 12.3. The Morgan fingerprint density at radius 2 is 2.00 bits per heavy atom. The van der Waals surface area contributed by atoms with Crippen molar-refractivity contribution in [2.24, 2.45) is 0 Å². The average molecular weight is 271 g/mol. The lowest BCUT2D eigenvalue weighted by Gasteiger charge is -2.06. The highest BCUT2D eigenvalue weighted by atomic mass is 16.2. The van der Waals surface area contributed by atoms with Gasteiger partial charge in [0, 0.05) is 13.1 Å². The third-order valence-electron chi connectivity index (χ3n) is 3.22. The normalized spacial score (nSPS) is 10.8. The van der Waals surface area contributed by atoms with Gasteiger partial charge in [-0.15, -0.1) is 0 Å². The Bertz CT molecular complexity index is 573. The Kier molecular flexibility index (Phi) is 4.56. The van der Waals surface area contributed by atoms with E-state index in [9.17, 15) is 4.79 Å². The average Bonchev–Trinajstić information content (AvgIpc) is 2.90. The third-order valence-corrected chi connectivity index (χ3v) is 3.22. The molecule has 2 aromatic rings. The molecule has 0 saturated heterocycles. The number of carbonyl (C=O) groups excluding carboxylic acids is 1. The Morgan fingerprint density at radius 1 is 1.30 bits per heavy atom. The van der Waals surface area contributed by atoms with Gasteiger partial charge < -0.3 is 5.32 Å². The molecule has 106 valence electrons. The molecule has 1 heterocycles. The second-order valence-corrected chi connectivity index (χ2v) is 5.09. The molecule has 1 aromatic carbocycles. The predicted molar refractivity (Wildman–Crippen MR) is 79.6 cm³/mol. The van der Waals surface area contributed by atoms with Crippen LogP contribution in [-0.2, 0) is 13.1 Å². The SMILES string of the molecule is CCn1nc(C(C)C)cc1C(=O)NCc1ccccc1. The van der Waals surface area contributed by atoms with Crippen LogP contribution in [0.2, 0.25) is 0 Å². The summed E-state index contributed by atoms with van der Waals surface area (Å²) < 4.78 is 1.76. The highest BCUT2D eigenvalue weighted by Gasteiger charge is 2.15. The van der Waals surface area contributed by atoms with Crippen LogP contribution < -0.4 is 5.32 Å². The summed E-state index contributed by atoms with van der Waals surface area (Å²) in [5.41, 5.74) is 2.68. The molecule has 0 spiro atoms. The number of benzene rings is 1. The molecular weight excluding hydrogens is 250 g/mol. The number of nitrogens with zero attached hydrogens (tertiary/aromatic N) is 2. The summed E-state index contributed by atoms with van der Waals surface area (Å²) >= 11 is 0. The summed E-state index contributed by atoms with van der Waals surface area (Å²) in [6, 6.07) is 11.8. The maximum Gasteiger partial charge on any atom is 0.269 e. The van der Waals surface area contributed by atoms with Crippen LogP contribution >= 0.6 is 0 Å². The number of hydrogen-bond donors (Lipinski definition) is 1. The molecule has 0 fully saturated rings. The predicted octanol–water partition coefficient (Wildman–Crippen LogP) is 2.96. The van der Waals surface area contributed by atoms with Crippen LogP contribution in [0.15, 0.2) is 36.4 Å². The van der Waals surface area contributed by atoms with Crippen LogP contribution in [0.5, 0.6) is 0 Å². The van der Waals surface area contributed by atoms with Crippen LogP contribution in [0.25, 0.3) is 0 Å². The molecule has 0 saturated carbocycles. The smallest absolute Gasteiger partial charge is 0.269 e. The van der Waals surface area contributed by atoms with Crippen molar-refractivity contribution in [3.8, 4) is 0 Å². The Morgan fingerprint density at radius 3 is 2.60 bits per heavy atom. The van der Waals surface area contributed by atoms with E-state index in [0.29, 0.717) is 24.7 Å². The van der Waals surface area contributed by atoms with Gasteiger partial charge in [-0.25, -0.2) is 0 Å². The molecule has 1 N–H and O–H groups in total. The number of carbonyl (C=O) groups is 1. The van der Waals surface area contributed by atoms with Crippen LogP contribution in [0.4, 0.5) is 0 Å². The molecule has 1 amide bonds. The molecule has 0 atom stereocenters. The first kappa shape index (κ1) is 14.3. The molecule has 2 rings (SSSR count). The van der Waals surface area contributed by atoms with E-state index >= 15 is 0 Å². The van der Waals surface area contributed by atoms with Crippen molar-refractivity contribution in [2.75, 3.05) is 0 Å². The van der Waals surface area contributed by atoms with E-state index < -0.39 is 0 Å². The van der Waals surface area contributed by atoms with Gasteiger partial charge in [-0.2, -0.15) is 5.10 Å². The number of nitrogens with one attached hydrogen (secondary N) is 1. The molecule has 4 heteroatoms. The molecule has 0 bridgehead atoms. The van der Waals surface area contributed by atoms with Crippen molar-refractivity contribution < 1.29 is 4.79 Å². The number of aryl methyl sites for hydroxylation is 1. The quantitative estimate of drug-likeness (QED) is 0.908. The third kappa shape index (κ3) is 3.26. The summed E-state index contributed by atoms with van der Waals surface area (Å²) in [4.78, 5) is 12.3. The lowest BCUT2D eigenvalue weighted by molar-refractivity contribution is 0.0940. The zero-order valence-corrected chi connectivity index (χ0v) is 12.3. The van der Waals surface area contributed by atoms with E-state index in [0.717, 1.165) is 11.3 Å². The second-order valence-electron chi connectivity index (χ2n) is 5.09. The molecule has 0 unspecified atom stereocenters. The van der Waals surface area contributed by atoms with Gasteiger partial charge in [0.1, 0.15) is 5.69 Å². The van der Waals surface area contributed by atoms with Gasteiger partial charge in [-0.05, 0) is 24.5 Å². The number of rotatable bonds is 5. The van der Waals surface area contributed by atoms with Gasteiger partial charge in [0.15, 0.2) is 0 Å². The van der Waals surface area contributed by atoms with Crippen LogP contribution in [-0.4, -0.2) is 15.7 Å². The minimum Gasteiger partial charge on any atom is -0.347 e. The maximum absolute atomic E-state index is 12.3. The van der Waals surface area contributed by atoms with Crippen molar-refractivity contribution in [1.82, 2.24) is 15.1 Å². The number of hydrogen-bond acceptors (Lipinski definition) is 2. The lowest BCUT2D eigenvalue weighted by Crippen LogP contribution is -2.25. The van der Waals surface area contributed by atoms with Crippen LogP contribution in [0, 0.1) is 0 Å². The number of aromatic nitrogens is 2. The first-order valence-corrected chi connectivity index (χ1v) is 7.01. The van der Waals surface area contributed by atoms with Crippen LogP contribution in [0.3, 0.4) is 0 Å². The molecule has 0 aliphatic heterocycles. The van der Waals surface area contributed by atoms with E-state index in [1.165, 1.54) is 0 Å². The standard InChI is InChI=1S/C16H21N3O/c1-4-19-15(10-14(18-19)12(2)3)16(20)17-11-13-8-6-5-7-9-13/h5-10,12H,4,11H2,1-3H3,(H,17,20). The molecule has 0 radical (unpaired) electrons. The minimum atomic E-state index is -0.0740. The van der Waals surface area contributed by atoms with E-state index in [-0.39, 0.29) is 5.91 Å². The van der Waals surface area contributed by atoms with Crippen molar-refractivity contribution >= 4 is 5.91 Å². The van der Waals surface area contributed by atoms with Crippen molar-refractivity contribution in [3.05, 3.63) is 53.3 Å². The molecule has 1 aromatic heterocycles. The Hall–Kier alpha value is -2.10. The van der Waals surface area contributed by atoms with Crippen molar-refractivity contribution in [2.45, 2.75) is 39.8 Å². The lowest BCUT2D eigenvalue weighted by atomic mass is 10.1. The fourth-order valence-corrected chi connectivity index (χ4v) is 2.01. The second kappa shape index (κ2) is 6.37. The molecule has 0 aliphatic carbocycles. The summed E-state index contributed by atoms with van der Waals surface area (Å²) in [7, 11) is 0. The minimum absolute atomic E-state index is 0.0740. The topological polar surface area (TPSA) is 46.9 Å². The van der Waals surface area contributed by atoms with Gasteiger partial charge in [-0.3, -0.25) is 9.48 Å². The largest absolute Gasteiger partial charge is 0.347 e. The van der Waals surface area contributed by atoms with E-state index in [1.807, 2.05) is 43.3 Å². The molecule has 4 nitrogen and oxygen atoms in total. The first-order valence-electron chi connectivity index (χ1n) is 7.01. The zero-order chi connectivity index (χ0) is 14.5. The summed E-state index contributed by atoms with van der Waals surface area (Å²) in [6.07, 6.45) is 0. The summed E-state index contributed by atoms with van der Waals surface area (Å²) in [5.74, 6) is 0.249. The van der Waals surface area contributed by atoms with E-state index in [1.54, 1.807) is 4.68 Å². The Balaban J connectivity index is 2.09. The van der Waals surface area contributed by atoms with Gasteiger partial charge in [-0.1, -0.05) is 44.2 Å². The van der Waals surface area contributed by atoms with E-state index in [2.05, 4.69) is 24.3 Å². The fraction of sp³-hybridized carbons (Fsp3) is 0.375.